The van der Waals surface area contributed by atoms with Crippen LogP contribution in [0.1, 0.15) is 0 Å². The van der Waals surface area contributed by atoms with Gasteiger partial charge in [-0.15, -0.1) is 0 Å². The third-order valence-electron chi connectivity index (χ3n) is 7.25. The van der Waals surface area contributed by atoms with Gasteiger partial charge in [-0.3, -0.25) is 0 Å². The van der Waals surface area contributed by atoms with Crippen LogP contribution in [0.15, 0.2) is 146 Å². The SMILES string of the molecule is c1ccc(-c2ccccc2Nc2ccc(-c3cc4c5ccccc5ccc4c4ccccc34)cc2)cc1. The molecule has 0 saturated carbocycles. The molecule has 0 amide bonds. The van der Waals surface area contributed by atoms with Crippen molar-refractivity contribution >= 4 is 43.7 Å². The number of hydrogen-bond acceptors (Lipinski definition) is 1. The van der Waals surface area contributed by atoms with Gasteiger partial charge in [-0.25, -0.2) is 0 Å². The fourth-order valence-electron chi connectivity index (χ4n) is 5.45. The summed E-state index contributed by atoms with van der Waals surface area (Å²) in [6.45, 7) is 0. The van der Waals surface area contributed by atoms with Crippen molar-refractivity contribution in [3.05, 3.63) is 146 Å². The first kappa shape index (κ1) is 21.4. The standard InChI is InChI=1S/C36H25N/c1-2-10-25(11-3-1)30-14-8-9-17-36(30)37-28-21-18-27(19-22-28)34-24-35-29-13-5-4-12-26(29)20-23-33(35)31-15-6-7-16-32(31)34/h1-24,37H. The summed E-state index contributed by atoms with van der Waals surface area (Å²) in [5.41, 5.74) is 7.05. The Balaban J connectivity index is 1.32. The number of benzene rings is 7. The van der Waals surface area contributed by atoms with Crippen LogP contribution < -0.4 is 5.32 Å². The predicted octanol–water partition coefficient (Wildman–Crippen LogP) is 10.2. The number of anilines is 2. The molecule has 174 valence electrons. The zero-order valence-electron chi connectivity index (χ0n) is 20.4. The summed E-state index contributed by atoms with van der Waals surface area (Å²) in [4.78, 5) is 0. The summed E-state index contributed by atoms with van der Waals surface area (Å²) in [6.07, 6.45) is 0. The van der Waals surface area contributed by atoms with E-state index in [1.54, 1.807) is 0 Å². The highest BCUT2D eigenvalue weighted by Crippen LogP contribution is 2.38. The van der Waals surface area contributed by atoms with E-state index >= 15 is 0 Å². The van der Waals surface area contributed by atoms with Crippen molar-refractivity contribution in [3.8, 4) is 22.3 Å². The first-order chi connectivity index (χ1) is 18.3. The van der Waals surface area contributed by atoms with Crippen LogP contribution in [0.4, 0.5) is 11.4 Å². The topological polar surface area (TPSA) is 12.0 Å². The molecule has 1 heteroatoms. The second-order valence-corrected chi connectivity index (χ2v) is 9.47. The first-order valence-electron chi connectivity index (χ1n) is 12.7. The summed E-state index contributed by atoms with van der Waals surface area (Å²) in [6, 6.07) is 52.1. The van der Waals surface area contributed by atoms with E-state index in [0.717, 1.165) is 11.4 Å². The van der Waals surface area contributed by atoms with Gasteiger partial charge >= 0.3 is 0 Å². The van der Waals surface area contributed by atoms with Gasteiger partial charge in [-0.05, 0) is 73.3 Å². The molecular formula is C36H25N. The minimum Gasteiger partial charge on any atom is -0.355 e. The van der Waals surface area contributed by atoms with Crippen LogP contribution in [0.2, 0.25) is 0 Å². The molecule has 0 spiro atoms. The summed E-state index contributed by atoms with van der Waals surface area (Å²) in [7, 11) is 0. The second-order valence-electron chi connectivity index (χ2n) is 9.47. The Morgan fingerprint density at radius 3 is 1.81 bits per heavy atom. The van der Waals surface area contributed by atoms with Crippen LogP contribution in [0.5, 0.6) is 0 Å². The molecule has 0 bridgehead atoms. The maximum absolute atomic E-state index is 3.64. The quantitative estimate of drug-likeness (QED) is 0.252. The van der Waals surface area contributed by atoms with E-state index in [-0.39, 0.29) is 0 Å². The lowest BCUT2D eigenvalue weighted by molar-refractivity contribution is 1.53. The molecule has 0 atom stereocenters. The Morgan fingerprint density at radius 2 is 0.973 bits per heavy atom. The molecule has 0 aliphatic heterocycles. The van der Waals surface area contributed by atoms with Crippen LogP contribution in [-0.2, 0) is 0 Å². The third kappa shape index (κ3) is 3.82. The number of nitrogens with one attached hydrogen (secondary N) is 1. The molecule has 0 heterocycles. The Morgan fingerprint density at radius 1 is 0.351 bits per heavy atom. The molecule has 0 fully saturated rings. The minimum atomic E-state index is 1.07. The summed E-state index contributed by atoms with van der Waals surface area (Å²) < 4.78 is 0. The highest BCUT2D eigenvalue weighted by Gasteiger charge is 2.11. The minimum absolute atomic E-state index is 1.07. The fraction of sp³-hybridized carbons (Fsp3) is 0. The highest BCUT2D eigenvalue weighted by atomic mass is 14.9. The van der Waals surface area contributed by atoms with Crippen molar-refractivity contribution in [1.29, 1.82) is 0 Å². The largest absolute Gasteiger partial charge is 0.355 e. The van der Waals surface area contributed by atoms with Gasteiger partial charge in [0.15, 0.2) is 0 Å². The fourth-order valence-corrected chi connectivity index (χ4v) is 5.45. The highest BCUT2D eigenvalue weighted by molar-refractivity contribution is 6.20. The van der Waals surface area contributed by atoms with Crippen LogP contribution in [0, 0.1) is 0 Å². The molecule has 37 heavy (non-hydrogen) atoms. The van der Waals surface area contributed by atoms with Gasteiger partial charge in [0.25, 0.3) is 0 Å². The van der Waals surface area contributed by atoms with E-state index in [1.165, 1.54) is 54.6 Å². The lowest BCUT2D eigenvalue weighted by atomic mass is 9.91. The Labute approximate surface area is 216 Å². The molecule has 0 aromatic heterocycles. The lowest BCUT2D eigenvalue weighted by Crippen LogP contribution is -1.93. The Hall–Kier alpha value is -4.88. The summed E-state index contributed by atoms with van der Waals surface area (Å²) in [5.74, 6) is 0. The van der Waals surface area contributed by atoms with Crippen molar-refractivity contribution in [2.24, 2.45) is 0 Å². The van der Waals surface area contributed by atoms with Gasteiger partial charge in [0, 0.05) is 16.9 Å². The zero-order valence-corrected chi connectivity index (χ0v) is 20.4. The van der Waals surface area contributed by atoms with Gasteiger partial charge in [0.1, 0.15) is 0 Å². The van der Waals surface area contributed by atoms with E-state index in [0.29, 0.717) is 0 Å². The molecule has 0 saturated heterocycles. The molecule has 0 unspecified atom stereocenters. The summed E-state index contributed by atoms with van der Waals surface area (Å²) >= 11 is 0. The van der Waals surface area contributed by atoms with E-state index in [1.807, 2.05) is 0 Å². The normalized spacial score (nSPS) is 11.2. The van der Waals surface area contributed by atoms with E-state index in [4.69, 9.17) is 0 Å². The first-order valence-corrected chi connectivity index (χ1v) is 12.7. The van der Waals surface area contributed by atoms with E-state index in [2.05, 4.69) is 151 Å². The van der Waals surface area contributed by atoms with Gasteiger partial charge in [-0.2, -0.15) is 0 Å². The van der Waals surface area contributed by atoms with Crippen LogP contribution >= 0.6 is 0 Å². The molecule has 0 aliphatic carbocycles. The van der Waals surface area contributed by atoms with E-state index in [9.17, 15) is 0 Å². The third-order valence-corrected chi connectivity index (χ3v) is 7.25. The monoisotopic (exact) mass is 471 g/mol. The zero-order chi connectivity index (χ0) is 24.6. The number of rotatable bonds is 4. The van der Waals surface area contributed by atoms with Crippen molar-refractivity contribution in [2.45, 2.75) is 0 Å². The summed E-state index contributed by atoms with van der Waals surface area (Å²) in [5, 5.41) is 11.4. The predicted molar refractivity (Wildman–Crippen MR) is 160 cm³/mol. The molecule has 0 aliphatic rings. The maximum Gasteiger partial charge on any atom is 0.0463 e. The van der Waals surface area contributed by atoms with Crippen molar-refractivity contribution in [1.82, 2.24) is 0 Å². The van der Waals surface area contributed by atoms with Gasteiger partial charge in [0.2, 0.25) is 0 Å². The molecule has 0 radical (unpaired) electrons. The maximum atomic E-state index is 3.64. The van der Waals surface area contributed by atoms with Gasteiger partial charge in [-0.1, -0.05) is 121 Å². The molecule has 7 aromatic carbocycles. The molecule has 7 rings (SSSR count). The number of para-hydroxylation sites is 1. The molecular weight excluding hydrogens is 446 g/mol. The Bertz CT molecular complexity index is 1880. The number of hydrogen-bond donors (Lipinski definition) is 1. The molecule has 1 N–H and O–H groups in total. The Kier molecular flexibility index (Phi) is 5.19. The lowest BCUT2D eigenvalue weighted by Gasteiger charge is -2.15. The van der Waals surface area contributed by atoms with Crippen molar-refractivity contribution < 1.29 is 0 Å². The number of fused-ring (bicyclic) bond motifs is 5. The molecule has 1 nitrogen and oxygen atoms in total. The smallest absolute Gasteiger partial charge is 0.0463 e. The second kappa shape index (κ2) is 8.96. The molecule has 7 aromatic rings. The van der Waals surface area contributed by atoms with Crippen LogP contribution in [0.25, 0.3) is 54.6 Å². The average molecular weight is 472 g/mol. The van der Waals surface area contributed by atoms with Gasteiger partial charge in [0.05, 0.1) is 0 Å². The van der Waals surface area contributed by atoms with Crippen LogP contribution in [-0.4, -0.2) is 0 Å². The van der Waals surface area contributed by atoms with Gasteiger partial charge < -0.3 is 5.32 Å². The van der Waals surface area contributed by atoms with Crippen LogP contribution in [0.3, 0.4) is 0 Å². The van der Waals surface area contributed by atoms with E-state index < -0.39 is 0 Å². The van der Waals surface area contributed by atoms with Crippen molar-refractivity contribution in [2.75, 3.05) is 5.32 Å². The van der Waals surface area contributed by atoms with Crippen molar-refractivity contribution in [3.63, 3.8) is 0 Å². The average Bonchev–Trinajstić information content (AvgIpc) is 2.98.